The van der Waals surface area contributed by atoms with Crippen molar-refractivity contribution in [3.8, 4) is 0 Å². The van der Waals surface area contributed by atoms with Crippen molar-refractivity contribution in [2.75, 3.05) is 30.5 Å². The molecule has 0 atom stereocenters. The van der Waals surface area contributed by atoms with Gasteiger partial charge in [-0.2, -0.15) is 0 Å². The predicted octanol–water partition coefficient (Wildman–Crippen LogP) is 2.79. The summed E-state index contributed by atoms with van der Waals surface area (Å²) in [7, 11) is 0. The molecule has 0 aliphatic carbocycles. The van der Waals surface area contributed by atoms with Gasteiger partial charge in [0.2, 0.25) is 5.95 Å². The van der Waals surface area contributed by atoms with Crippen molar-refractivity contribution in [1.82, 2.24) is 9.97 Å². The van der Waals surface area contributed by atoms with Crippen LogP contribution in [0.5, 0.6) is 0 Å². The maximum absolute atomic E-state index is 5.69. The normalized spacial score (nSPS) is 17.2. The number of halogens is 1. The van der Waals surface area contributed by atoms with Gasteiger partial charge in [0, 0.05) is 19.0 Å². The van der Waals surface area contributed by atoms with Crippen molar-refractivity contribution in [3.05, 3.63) is 24.3 Å². The summed E-state index contributed by atoms with van der Waals surface area (Å²) in [5.41, 5.74) is 2.12. The maximum atomic E-state index is 5.69. The van der Waals surface area contributed by atoms with E-state index in [0.717, 1.165) is 42.9 Å². The molecule has 3 rings (SSSR count). The van der Waals surface area contributed by atoms with E-state index < -0.39 is 0 Å². The van der Waals surface area contributed by atoms with Crippen molar-refractivity contribution >= 4 is 28.6 Å². The fourth-order valence-corrected chi connectivity index (χ4v) is 2.62. The Kier molecular flexibility index (Phi) is 3.89. The van der Waals surface area contributed by atoms with Gasteiger partial charge in [-0.3, -0.25) is 0 Å². The number of nitrogens with one attached hydrogen (secondary N) is 1. The zero-order valence-corrected chi connectivity index (χ0v) is 11.6. The van der Waals surface area contributed by atoms with Crippen molar-refractivity contribution in [2.45, 2.75) is 18.9 Å². The van der Waals surface area contributed by atoms with Crippen LogP contribution >= 0.6 is 11.6 Å². The number of para-hydroxylation sites is 2. The lowest BCUT2D eigenvalue weighted by molar-refractivity contribution is 0.0470. The number of hydrogen-bond donors (Lipinski definition) is 1. The molecule has 1 fully saturated rings. The van der Waals surface area contributed by atoms with Crippen molar-refractivity contribution in [1.29, 1.82) is 0 Å². The molecule has 102 valence electrons. The molecule has 1 N–H and O–H groups in total. The Bertz CT molecular complexity index is 501. The number of imidazole rings is 1. The van der Waals surface area contributed by atoms with Gasteiger partial charge in [-0.25, -0.2) is 4.98 Å². The number of aromatic nitrogens is 2. The summed E-state index contributed by atoms with van der Waals surface area (Å²) in [5.74, 6) is 1.54. The summed E-state index contributed by atoms with van der Waals surface area (Å²) in [5, 5.41) is 0. The van der Waals surface area contributed by atoms with Crippen LogP contribution in [0, 0.1) is 0 Å². The van der Waals surface area contributed by atoms with Gasteiger partial charge in [-0.1, -0.05) is 12.1 Å². The minimum Gasteiger partial charge on any atom is -0.377 e. The average Bonchev–Trinajstić information content (AvgIpc) is 2.89. The van der Waals surface area contributed by atoms with Gasteiger partial charge in [0.25, 0.3) is 0 Å². The molecule has 1 saturated heterocycles. The van der Waals surface area contributed by atoms with Crippen LogP contribution in [0.3, 0.4) is 0 Å². The Morgan fingerprint density at radius 1 is 1.32 bits per heavy atom. The number of alkyl halides is 1. The van der Waals surface area contributed by atoms with Gasteiger partial charge < -0.3 is 14.6 Å². The lowest BCUT2D eigenvalue weighted by Gasteiger charge is -2.31. The molecular weight excluding hydrogens is 262 g/mol. The molecule has 4 nitrogen and oxygen atoms in total. The Morgan fingerprint density at radius 3 is 2.84 bits per heavy atom. The van der Waals surface area contributed by atoms with E-state index in [2.05, 4.69) is 20.9 Å². The fourth-order valence-electron chi connectivity index (χ4n) is 2.53. The molecule has 1 aliphatic heterocycles. The number of hydrogen-bond acceptors (Lipinski definition) is 3. The quantitative estimate of drug-likeness (QED) is 0.875. The third-order valence-electron chi connectivity index (χ3n) is 3.55. The molecule has 2 heterocycles. The standard InChI is InChI=1S/C14H18ClN3O/c15-7-10-19-11-5-8-18(9-6-11)14-16-12-3-1-2-4-13(12)17-14/h1-4,11H,5-10H2,(H,16,17). The highest BCUT2D eigenvalue weighted by Crippen LogP contribution is 2.21. The number of piperidine rings is 1. The first-order valence-corrected chi connectivity index (χ1v) is 7.27. The molecule has 0 saturated carbocycles. The molecule has 1 aromatic carbocycles. The predicted molar refractivity (Wildman–Crippen MR) is 78.0 cm³/mol. The summed E-state index contributed by atoms with van der Waals surface area (Å²) < 4.78 is 5.69. The van der Waals surface area contributed by atoms with E-state index in [0.29, 0.717) is 18.6 Å². The number of H-pyrrole nitrogens is 1. The number of anilines is 1. The second-order valence-electron chi connectivity index (χ2n) is 4.82. The van der Waals surface area contributed by atoms with E-state index in [9.17, 15) is 0 Å². The summed E-state index contributed by atoms with van der Waals surface area (Å²) in [6.45, 7) is 2.61. The number of rotatable bonds is 4. The van der Waals surface area contributed by atoms with E-state index in [4.69, 9.17) is 16.3 Å². The summed E-state index contributed by atoms with van der Waals surface area (Å²) in [6.07, 6.45) is 2.42. The van der Waals surface area contributed by atoms with E-state index in [1.165, 1.54) is 0 Å². The van der Waals surface area contributed by atoms with Crippen LogP contribution in [-0.4, -0.2) is 41.6 Å². The second-order valence-corrected chi connectivity index (χ2v) is 5.20. The fraction of sp³-hybridized carbons (Fsp3) is 0.500. The van der Waals surface area contributed by atoms with Crippen molar-refractivity contribution in [3.63, 3.8) is 0 Å². The zero-order valence-electron chi connectivity index (χ0n) is 10.8. The monoisotopic (exact) mass is 279 g/mol. The van der Waals surface area contributed by atoms with Crippen molar-refractivity contribution < 1.29 is 4.74 Å². The Morgan fingerprint density at radius 2 is 2.11 bits per heavy atom. The van der Waals surface area contributed by atoms with Crippen LogP contribution in [0.25, 0.3) is 11.0 Å². The molecule has 19 heavy (non-hydrogen) atoms. The number of aromatic amines is 1. The van der Waals surface area contributed by atoms with E-state index in [1.54, 1.807) is 0 Å². The van der Waals surface area contributed by atoms with Crippen LogP contribution < -0.4 is 4.90 Å². The van der Waals surface area contributed by atoms with Gasteiger partial charge in [0.15, 0.2) is 0 Å². The Labute approximate surface area is 117 Å². The minimum absolute atomic E-state index is 0.347. The topological polar surface area (TPSA) is 41.1 Å². The minimum atomic E-state index is 0.347. The third-order valence-corrected chi connectivity index (χ3v) is 3.70. The molecule has 0 amide bonds. The lowest BCUT2D eigenvalue weighted by Crippen LogP contribution is -2.37. The molecule has 0 radical (unpaired) electrons. The molecule has 1 aromatic heterocycles. The first kappa shape index (κ1) is 12.8. The van der Waals surface area contributed by atoms with Gasteiger partial charge in [0.1, 0.15) is 0 Å². The first-order chi connectivity index (χ1) is 9.36. The van der Waals surface area contributed by atoms with Crippen LogP contribution in [0.4, 0.5) is 5.95 Å². The highest BCUT2D eigenvalue weighted by Gasteiger charge is 2.21. The van der Waals surface area contributed by atoms with Crippen molar-refractivity contribution in [2.24, 2.45) is 0 Å². The van der Waals surface area contributed by atoms with Gasteiger partial charge in [0.05, 0.1) is 23.7 Å². The summed E-state index contributed by atoms with van der Waals surface area (Å²) >= 11 is 5.64. The van der Waals surface area contributed by atoms with Crippen LogP contribution in [-0.2, 0) is 4.74 Å². The molecule has 0 unspecified atom stereocenters. The third kappa shape index (κ3) is 2.85. The molecule has 0 bridgehead atoms. The highest BCUT2D eigenvalue weighted by atomic mass is 35.5. The Balaban J connectivity index is 1.64. The number of benzene rings is 1. The van der Waals surface area contributed by atoms with E-state index in [-0.39, 0.29) is 0 Å². The zero-order chi connectivity index (χ0) is 13.1. The van der Waals surface area contributed by atoms with Crippen LogP contribution in [0.15, 0.2) is 24.3 Å². The van der Waals surface area contributed by atoms with Gasteiger partial charge in [-0.15, -0.1) is 11.6 Å². The molecule has 0 spiro atoms. The smallest absolute Gasteiger partial charge is 0.203 e. The lowest BCUT2D eigenvalue weighted by atomic mass is 10.1. The SMILES string of the molecule is ClCCOC1CCN(c2nc3ccccc3[nH]2)CC1. The molecule has 5 heteroatoms. The molecule has 2 aromatic rings. The first-order valence-electron chi connectivity index (χ1n) is 6.74. The van der Waals surface area contributed by atoms with E-state index in [1.807, 2.05) is 18.2 Å². The second kappa shape index (κ2) is 5.80. The van der Waals surface area contributed by atoms with Crippen LogP contribution in [0.2, 0.25) is 0 Å². The number of ether oxygens (including phenoxy) is 1. The van der Waals surface area contributed by atoms with Crippen LogP contribution in [0.1, 0.15) is 12.8 Å². The number of nitrogens with zero attached hydrogens (tertiary/aromatic N) is 2. The average molecular weight is 280 g/mol. The Hall–Kier alpha value is -1.26. The number of fused-ring (bicyclic) bond motifs is 1. The van der Waals surface area contributed by atoms with Gasteiger partial charge in [-0.05, 0) is 25.0 Å². The largest absolute Gasteiger partial charge is 0.377 e. The molecular formula is C14H18ClN3O. The summed E-state index contributed by atoms with van der Waals surface area (Å²) in [4.78, 5) is 10.3. The molecule has 1 aliphatic rings. The van der Waals surface area contributed by atoms with Gasteiger partial charge >= 0.3 is 0 Å². The highest BCUT2D eigenvalue weighted by molar-refractivity contribution is 6.17. The van der Waals surface area contributed by atoms with E-state index >= 15 is 0 Å². The maximum Gasteiger partial charge on any atom is 0.203 e. The summed E-state index contributed by atoms with van der Waals surface area (Å²) in [6, 6.07) is 8.13.